The molecule has 1 aromatic heterocycles. The van der Waals surface area contributed by atoms with Crippen LogP contribution in [0.15, 0.2) is 47.3 Å². The highest BCUT2D eigenvalue weighted by Crippen LogP contribution is 2.12. The average Bonchev–Trinajstić information content (AvgIpc) is 2.47. The van der Waals surface area contributed by atoms with Crippen LogP contribution in [-0.4, -0.2) is 22.0 Å². The first kappa shape index (κ1) is 14.5. The quantitative estimate of drug-likeness (QED) is 0.794. The minimum absolute atomic E-state index is 0.0129. The van der Waals surface area contributed by atoms with Crippen molar-refractivity contribution < 1.29 is 14.7 Å². The Morgan fingerprint density at radius 3 is 2.48 bits per heavy atom. The van der Waals surface area contributed by atoms with Crippen LogP contribution in [0.2, 0.25) is 0 Å². The fourth-order valence-electron chi connectivity index (χ4n) is 1.89. The van der Waals surface area contributed by atoms with Gasteiger partial charge in [0.25, 0.3) is 5.91 Å². The summed E-state index contributed by atoms with van der Waals surface area (Å²) in [5.41, 5.74) is -0.0273. The molecule has 0 saturated carbocycles. The van der Waals surface area contributed by atoms with Gasteiger partial charge in [0.05, 0.1) is 6.04 Å². The van der Waals surface area contributed by atoms with Gasteiger partial charge in [-0.3, -0.25) is 9.59 Å². The van der Waals surface area contributed by atoms with E-state index >= 15 is 0 Å². The number of benzene rings is 1. The molecule has 3 N–H and O–H groups in total. The summed E-state index contributed by atoms with van der Waals surface area (Å²) in [6.45, 7) is 1.80. The number of nitrogens with one attached hydrogen (secondary N) is 2. The van der Waals surface area contributed by atoms with Crippen LogP contribution in [0.25, 0.3) is 0 Å². The number of aromatic carboxylic acids is 1. The van der Waals surface area contributed by atoms with Crippen molar-refractivity contribution in [2.45, 2.75) is 13.0 Å². The number of aromatic nitrogens is 1. The van der Waals surface area contributed by atoms with Gasteiger partial charge in [0.15, 0.2) is 0 Å². The minimum Gasteiger partial charge on any atom is -0.477 e. The molecule has 0 unspecified atom stereocenters. The number of carboxylic acids is 1. The van der Waals surface area contributed by atoms with Crippen molar-refractivity contribution >= 4 is 11.9 Å². The third-order valence-corrected chi connectivity index (χ3v) is 2.98. The van der Waals surface area contributed by atoms with E-state index in [1.165, 1.54) is 0 Å². The topological polar surface area (TPSA) is 99.3 Å². The van der Waals surface area contributed by atoms with Crippen LogP contribution in [0.1, 0.15) is 39.4 Å². The Morgan fingerprint density at radius 1 is 1.19 bits per heavy atom. The van der Waals surface area contributed by atoms with Gasteiger partial charge in [0.2, 0.25) is 5.56 Å². The van der Waals surface area contributed by atoms with Crippen molar-refractivity contribution in [2.75, 3.05) is 0 Å². The molecule has 0 saturated heterocycles. The highest BCUT2D eigenvalue weighted by atomic mass is 16.4. The Labute approximate surface area is 120 Å². The standard InChI is InChI=1S/C15H14N2O4/c1-9(10-5-3-2-4-6-10)16-14(19)11-7-12(15(20)21)17-13(18)8-11/h2-9H,1H3,(H,16,19)(H,17,18)(H,20,21)/t9-/m1/s1. The predicted molar refractivity (Wildman–Crippen MR) is 76.3 cm³/mol. The third kappa shape index (κ3) is 3.56. The molecule has 21 heavy (non-hydrogen) atoms. The van der Waals surface area contributed by atoms with Crippen LogP contribution in [0.4, 0.5) is 0 Å². The second kappa shape index (κ2) is 6.04. The molecule has 0 fully saturated rings. The largest absolute Gasteiger partial charge is 0.477 e. The Bertz CT molecular complexity index is 722. The number of amides is 1. The first-order chi connectivity index (χ1) is 9.97. The van der Waals surface area contributed by atoms with Gasteiger partial charge in [0, 0.05) is 11.6 Å². The summed E-state index contributed by atoms with van der Waals surface area (Å²) in [6, 6.07) is 11.3. The van der Waals surface area contributed by atoms with Crippen molar-refractivity contribution in [3.63, 3.8) is 0 Å². The van der Waals surface area contributed by atoms with Crippen molar-refractivity contribution in [2.24, 2.45) is 0 Å². The van der Waals surface area contributed by atoms with Crippen LogP contribution < -0.4 is 10.9 Å². The number of carbonyl (C=O) groups is 2. The summed E-state index contributed by atoms with van der Waals surface area (Å²) in [6.07, 6.45) is 0. The molecule has 6 nitrogen and oxygen atoms in total. The second-order valence-electron chi connectivity index (χ2n) is 4.56. The number of hydrogen-bond donors (Lipinski definition) is 3. The Morgan fingerprint density at radius 2 is 1.86 bits per heavy atom. The third-order valence-electron chi connectivity index (χ3n) is 2.98. The molecular weight excluding hydrogens is 272 g/mol. The number of rotatable bonds is 4. The first-order valence-electron chi connectivity index (χ1n) is 6.31. The lowest BCUT2D eigenvalue weighted by molar-refractivity contribution is 0.0690. The second-order valence-corrected chi connectivity index (χ2v) is 4.56. The smallest absolute Gasteiger partial charge is 0.352 e. The number of aromatic amines is 1. The lowest BCUT2D eigenvalue weighted by Crippen LogP contribution is -2.28. The normalized spacial score (nSPS) is 11.7. The fraction of sp³-hybridized carbons (Fsp3) is 0.133. The van der Waals surface area contributed by atoms with Crippen LogP contribution in [0.5, 0.6) is 0 Å². The van der Waals surface area contributed by atoms with E-state index in [1.807, 2.05) is 30.3 Å². The van der Waals surface area contributed by atoms with Gasteiger partial charge >= 0.3 is 5.97 Å². The van der Waals surface area contributed by atoms with Crippen molar-refractivity contribution in [3.05, 3.63) is 69.6 Å². The zero-order valence-electron chi connectivity index (χ0n) is 11.3. The highest BCUT2D eigenvalue weighted by molar-refractivity contribution is 5.96. The van der Waals surface area contributed by atoms with E-state index in [1.54, 1.807) is 6.92 Å². The van der Waals surface area contributed by atoms with Crippen LogP contribution in [0, 0.1) is 0 Å². The zero-order chi connectivity index (χ0) is 15.4. The molecule has 6 heteroatoms. The lowest BCUT2D eigenvalue weighted by Gasteiger charge is -2.14. The van der Waals surface area contributed by atoms with E-state index in [-0.39, 0.29) is 17.3 Å². The maximum Gasteiger partial charge on any atom is 0.352 e. The molecule has 0 spiro atoms. The van der Waals surface area contributed by atoms with Gasteiger partial charge in [-0.15, -0.1) is 0 Å². The summed E-state index contributed by atoms with van der Waals surface area (Å²) < 4.78 is 0. The average molecular weight is 286 g/mol. The summed E-state index contributed by atoms with van der Waals surface area (Å²) in [7, 11) is 0. The zero-order valence-corrected chi connectivity index (χ0v) is 11.3. The van der Waals surface area contributed by atoms with Gasteiger partial charge in [0.1, 0.15) is 5.69 Å². The molecule has 1 atom stereocenters. The Kier molecular flexibility index (Phi) is 4.18. The molecule has 1 aromatic carbocycles. The van der Waals surface area contributed by atoms with Crippen molar-refractivity contribution in [3.8, 4) is 0 Å². The summed E-state index contributed by atoms with van der Waals surface area (Å²) in [4.78, 5) is 36.5. The molecule has 1 amide bonds. The molecule has 2 rings (SSSR count). The van der Waals surface area contributed by atoms with E-state index in [9.17, 15) is 14.4 Å². The van der Waals surface area contributed by atoms with E-state index in [4.69, 9.17) is 5.11 Å². The van der Waals surface area contributed by atoms with Gasteiger partial charge < -0.3 is 15.4 Å². The van der Waals surface area contributed by atoms with E-state index in [0.29, 0.717) is 0 Å². The van der Waals surface area contributed by atoms with Crippen molar-refractivity contribution in [1.82, 2.24) is 10.3 Å². The molecule has 0 radical (unpaired) electrons. The lowest BCUT2D eigenvalue weighted by atomic mass is 10.1. The summed E-state index contributed by atoms with van der Waals surface area (Å²) in [5.74, 6) is -1.79. The van der Waals surface area contributed by atoms with Crippen LogP contribution >= 0.6 is 0 Å². The number of carboxylic acid groups (broad SMARTS) is 1. The number of hydrogen-bond acceptors (Lipinski definition) is 3. The monoisotopic (exact) mass is 286 g/mol. The van der Waals surface area contributed by atoms with Gasteiger partial charge in [-0.05, 0) is 18.6 Å². The molecule has 0 aliphatic heterocycles. The summed E-state index contributed by atoms with van der Waals surface area (Å²) >= 11 is 0. The molecule has 0 bridgehead atoms. The SMILES string of the molecule is C[C@@H](NC(=O)c1cc(C(=O)O)[nH]c(=O)c1)c1ccccc1. The fourth-order valence-corrected chi connectivity index (χ4v) is 1.89. The Balaban J connectivity index is 2.21. The number of pyridine rings is 1. The summed E-state index contributed by atoms with van der Waals surface area (Å²) in [5, 5.41) is 11.6. The first-order valence-corrected chi connectivity index (χ1v) is 6.31. The maximum atomic E-state index is 12.1. The molecule has 0 aliphatic carbocycles. The van der Waals surface area contributed by atoms with E-state index in [0.717, 1.165) is 17.7 Å². The van der Waals surface area contributed by atoms with E-state index < -0.39 is 17.4 Å². The molecule has 1 heterocycles. The molecule has 2 aromatic rings. The van der Waals surface area contributed by atoms with Crippen LogP contribution in [0.3, 0.4) is 0 Å². The molecule has 0 aliphatic rings. The number of H-pyrrole nitrogens is 1. The number of carbonyl (C=O) groups excluding carboxylic acids is 1. The Hall–Kier alpha value is -2.89. The van der Waals surface area contributed by atoms with Gasteiger partial charge in [-0.1, -0.05) is 30.3 Å². The van der Waals surface area contributed by atoms with Crippen molar-refractivity contribution in [1.29, 1.82) is 0 Å². The van der Waals surface area contributed by atoms with E-state index in [2.05, 4.69) is 10.3 Å². The molecular formula is C15H14N2O4. The molecule has 108 valence electrons. The van der Waals surface area contributed by atoms with Gasteiger partial charge in [-0.2, -0.15) is 0 Å². The van der Waals surface area contributed by atoms with Crippen LogP contribution in [-0.2, 0) is 0 Å². The minimum atomic E-state index is -1.29. The van der Waals surface area contributed by atoms with Gasteiger partial charge in [-0.25, -0.2) is 4.79 Å². The predicted octanol–water partition coefficient (Wildman–Crippen LogP) is 1.56. The highest BCUT2D eigenvalue weighted by Gasteiger charge is 2.14. The maximum absolute atomic E-state index is 12.1.